The van der Waals surface area contributed by atoms with Crippen molar-refractivity contribution in [2.24, 2.45) is 5.92 Å². The molecule has 25 heavy (non-hydrogen) atoms. The maximum atomic E-state index is 12.5. The number of amides is 1. The number of piperidine rings is 3. The Morgan fingerprint density at radius 3 is 2.64 bits per heavy atom. The summed E-state index contributed by atoms with van der Waals surface area (Å²) in [4.78, 5) is 26.5. The molecule has 1 atom stereocenters. The van der Waals surface area contributed by atoms with Gasteiger partial charge in [0.2, 0.25) is 0 Å². The van der Waals surface area contributed by atoms with E-state index in [1.165, 1.54) is 6.92 Å². The molecule has 5 rings (SSSR count). The SMILES string of the molecule is CC(=O)c1cccc(-c2ccc(C(=O)NC3CN4CCC3CC4)o2)c1. The van der Waals surface area contributed by atoms with Crippen molar-refractivity contribution >= 4 is 11.7 Å². The van der Waals surface area contributed by atoms with Gasteiger partial charge in [-0.2, -0.15) is 0 Å². The number of furan rings is 1. The summed E-state index contributed by atoms with van der Waals surface area (Å²) in [5.74, 6) is 1.35. The van der Waals surface area contributed by atoms with Gasteiger partial charge in [-0.05, 0) is 57.0 Å². The van der Waals surface area contributed by atoms with Crippen LogP contribution in [0.2, 0.25) is 0 Å². The van der Waals surface area contributed by atoms with Gasteiger partial charge < -0.3 is 14.6 Å². The van der Waals surface area contributed by atoms with Gasteiger partial charge in [-0.1, -0.05) is 18.2 Å². The van der Waals surface area contributed by atoms with Gasteiger partial charge >= 0.3 is 0 Å². The molecule has 0 spiro atoms. The van der Waals surface area contributed by atoms with Crippen LogP contribution in [0.3, 0.4) is 0 Å². The zero-order valence-corrected chi connectivity index (χ0v) is 14.3. The van der Waals surface area contributed by atoms with Crippen LogP contribution in [0, 0.1) is 5.92 Å². The van der Waals surface area contributed by atoms with E-state index in [-0.39, 0.29) is 17.7 Å². The number of rotatable bonds is 4. The molecule has 1 N–H and O–H groups in total. The monoisotopic (exact) mass is 338 g/mol. The third-order valence-electron chi connectivity index (χ3n) is 5.36. The summed E-state index contributed by atoms with van der Waals surface area (Å²) in [6.45, 7) is 4.77. The molecule has 1 aromatic carbocycles. The summed E-state index contributed by atoms with van der Waals surface area (Å²) >= 11 is 0. The Kier molecular flexibility index (Phi) is 4.17. The van der Waals surface area contributed by atoms with E-state index in [1.54, 1.807) is 24.3 Å². The standard InChI is InChI=1S/C20H22N2O3/c1-13(23)15-3-2-4-16(11-15)18-5-6-19(25-18)20(24)21-17-12-22-9-7-14(17)8-10-22/h2-6,11,14,17H,7-10,12H2,1H3,(H,21,24). The van der Waals surface area contributed by atoms with Gasteiger partial charge in [0.05, 0.1) is 0 Å². The Morgan fingerprint density at radius 1 is 1.16 bits per heavy atom. The number of Topliss-reactive ketones (excluding diaryl/α,β-unsaturated/α-hetero) is 1. The van der Waals surface area contributed by atoms with Crippen molar-refractivity contribution in [3.05, 3.63) is 47.7 Å². The largest absolute Gasteiger partial charge is 0.451 e. The predicted molar refractivity (Wildman–Crippen MR) is 94.6 cm³/mol. The topological polar surface area (TPSA) is 62.6 Å². The van der Waals surface area contributed by atoms with Crippen molar-refractivity contribution < 1.29 is 14.0 Å². The first-order chi connectivity index (χ1) is 12.1. The summed E-state index contributed by atoms with van der Waals surface area (Å²) < 4.78 is 5.75. The molecule has 0 radical (unpaired) electrons. The Balaban J connectivity index is 1.48. The minimum atomic E-state index is -0.160. The average molecular weight is 338 g/mol. The minimum Gasteiger partial charge on any atom is -0.451 e. The molecule has 5 heteroatoms. The number of hydrogen-bond donors (Lipinski definition) is 1. The summed E-state index contributed by atoms with van der Waals surface area (Å²) in [6.07, 6.45) is 2.32. The number of fused-ring (bicyclic) bond motifs is 3. The quantitative estimate of drug-likeness (QED) is 0.871. The molecule has 4 heterocycles. The molecule has 1 amide bonds. The van der Waals surface area contributed by atoms with Crippen LogP contribution in [0.1, 0.15) is 40.7 Å². The second-order valence-corrected chi connectivity index (χ2v) is 7.02. The predicted octanol–water partition coefficient (Wildman–Crippen LogP) is 2.97. The molecule has 0 saturated carbocycles. The normalized spacial score (nSPS) is 24.9. The number of nitrogens with zero attached hydrogens (tertiary/aromatic N) is 1. The first kappa shape index (κ1) is 16.1. The van der Waals surface area contributed by atoms with Crippen LogP contribution in [-0.4, -0.2) is 42.3 Å². The second-order valence-electron chi connectivity index (χ2n) is 7.02. The second kappa shape index (κ2) is 6.48. The van der Waals surface area contributed by atoms with Crippen LogP contribution >= 0.6 is 0 Å². The number of ketones is 1. The fraction of sp³-hybridized carbons (Fsp3) is 0.400. The van der Waals surface area contributed by atoms with Crippen LogP contribution in [-0.2, 0) is 0 Å². The zero-order valence-electron chi connectivity index (χ0n) is 14.3. The van der Waals surface area contributed by atoms with Gasteiger partial charge in [0.1, 0.15) is 5.76 Å². The third-order valence-corrected chi connectivity index (χ3v) is 5.36. The molecular formula is C20H22N2O3. The molecule has 0 aliphatic carbocycles. The maximum Gasteiger partial charge on any atom is 0.287 e. The number of benzene rings is 1. The maximum absolute atomic E-state index is 12.5. The lowest BCUT2D eigenvalue weighted by Crippen LogP contribution is -2.57. The molecule has 3 saturated heterocycles. The number of carbonyl (C=O) groups excluding carboxylic acids is 2. The molecule has 1 aromatic heterocycles. The molecule has 3 aliphatic rings. The van der Waals surface area contributed by atoms with E-state index < -0.39 is 0 Å². The van der Waals surface area contributed by atoms with E-state index in [9.17, 15) is 9.59 Å². The molecule has 3 fully saturated rings. The molecule has 3 aliphatic heterocycles. The van der Waals surface area contributed by atoms with Crippen molar-refractivity contribution in [1.29, 1.82) is 0 Å². The van der Waals surface area contributed by atoms with Gasteiger partial charge in [-0.25, -0.2) is 0 Å². The van der Waals surface area contributed by atoms with Crippen molar-refractivity contribution in [2.75, 3.05) is 19.6 Å². The molecule has 5 nitrogen and oxygen atoms in total. The fourth-order valence-electron chi connectivity index (χ4n) is 3.87. The van der Waals surface area contributed by atoms with Crippen LogP contribution in [0.25, 0.3) is 11.3 Å². The zero-order chi connectivity index (χ0) is 17.4. The van der Waals surface area contributed by atoms with Gasteiger partial charge in [-0.3, -0.25) is 9.59 Å². The highest BCUT2D eigenvalue weighted by molar-refractivity contribution is 5.95. The third kappa shape index (κ3) is 3.24. The van der Waals surface area contributed by atoms with Crippen LogP contribution in [0.15, 0.2) is 40.8 Å². The Morgan fingerprint density at radius 2 is 1.96 bits per heavy atom. The Labute approximate surface area is 147 Å². The van der Waals surface area contributed by atoms with Crippen molar-refractivity contribution in [2.45, 2.75) is 25.8 Å². The highest BCUT2D eigenvalue weighted by atomic mass is 16.3. The minimum absolute atomic E-state index is 0.00808. The number of nitrogens with one attached hydrogen (secondary N) is 1. The first-order valence-electron chi connectivity index (χ1n) is 8.84. The molecule has 1 unspecified atom stereocenters. The van der Waals surface area contributed by atoms with E-state index in [0.717, 1.165) is 38.0 Å². The number of carbonyl (C=O) groups is 2. The van der Waals surface area contributed by atoms with E-state index in [2.05, 4.69) is 10.2 Å². The summed E-state index contributed by atoms with van der Waals surface area (Å²) in [5.41, 5.74) is 1.43. The lowest BCUT2D eigenvalue weighted by molar-refractivity contribution is 0.0606. The highest BCUT2D eigenvalue weighted by Gasteiger charge is 2.35. The van der Waals surface area contributed by atoms with E-state index in [0.29, 0.717) is 23.0 Å². The fourth-order valence-corrected chi connectivity index (χ4v) is 3.87. The summed E-state index contributed by atoms with van der Waals surface area (Å²) in [7, 11) is 0. The van der Waals surface area contributed by atoms with E-state index in [1.807, 2.05) is 12.1 Å². The lowest BCUT2D eigenvalue weighted by Gasteiger charge is -2.44. The van der Waals surface area contributed by atoms with E-state index >= 15 is 0 Å². The first-order valence-corrected chi connectivity index (χ1v) is 8.84. The van der Waals surface area contributed by atoms with Gasteiger partial charge in [-0.15, -0.1) is 0 Å². The van der Waals surface area contributed by atoms with Gasteiger partial charge in [0.15, 0.2) is 11.5 Å². The Hall–Kier alpha value is -2.40. The highest BCUT2D eigenvalue weighted by Crippen LogP contribution is 2.28. The Bertz CT molecular complexity index is 803. The van der Waals surface area contributed by atoms with Crippen molar-refractivity contribution in [1.82, 2.24) is 10.2 Å². The number of hydrogen-bond acceptors (Lipinski definition) is 4. The van der Waals surface area contributed by atoms with Crippen LogP contribution in [0.4, 0.5) is 0 Å². The summed E-state index contributed by atoms with van der Waals surface area (Å²) in [5, 5.41) is 3.13. The van der Waals surface area contributed by atoms with Gasteiger partial charge in [0, 0.05) is 23.7 Å². The molecule has 130 valence electrons. The average Bonchev–Trinajstić information content (AvgIpc) is 3.13. The van der Waals surface area contributed by atoms with Gasteiger partial charge in [0.25, 0.3) is 5.91 Å². The van der Waals surface area contributed by atoms with Crippen LogP contribution in [0.5, 0.6) is 0 Å². The smallest absolute Gasteiger partial charge is 0.287 e. The van der Waals surface area contributed by atoms with Crippen molar-refractivity contribution in [3.8, 4) is 11.3 Å². The summed E-state index contributed by atoms with van der Waals surface area (Å²) in [6, 6.07) is 11.0. The van der Waals surface area contributed by atoms with Crippen LogP contribution < -0.4 is 5.32 Å². The molecule has 2 aromatic rings. The van der Waals surface area contributed by atoms with Crippen molar-refractivity contribution in [3.63, 3.8) is 0 Å². The lowest BCUT2D eigenvalue weighted by atomic mass is 9.84. The molecular weight excluding hydrogens is 316 g/mol. The molecule has 2 bridgehead atoms. The van der Waals surface area contributed by atoms with E-state index in [4.69, 9.17) is 4.42 Å².